The molecule has 0 spiro atoms. The number of hydrogen-bond donors (Lipinski definition) is 2. The molecule has 1 aliphatic rings. The highest BCUT2D eigenvalue weighted by Crippen LogP contribution is 2.32. The molecule has 19 heavy (non-hydrogen) atoms. The van der Waals surface area contributed by atoms with Crippen LogP contribution in [-0.2, 0) is 17.8 Å². The fourth-order valence-corrected chi connectivity index (χ4v) is 2.37. The van der Waals surface area contributed by atoms with Crippen molar-refractivity contribution in [3.8, 4) is 0 Å². The Bertz CT molecular complexity index is 477. The first-order valence-electron chi connectivity index (χ1n) is 6.61. The highest BCUT2D eigenvalue weighted by molar-refractivity contribution is 5.68. The maximum Gasteiger partial charge on any atom is 0.408 e. The van der Waals surface area contributed by atoms with E-state index in [1.807, 2.05) is 39.0 Å². The van der Waals surface area contributed by atoms with E-state index in [0.29, 0.717) is 0 Å². The predicted molar refractivity (Wildman–Crippen MR) is 72.8 cm³/mol. The van der Waals surface area contributed by atoms with Gasteiger partial charge in [-0.15, -0.1) is 0 Å². The molecule has 4 heteroatoms. The molecule has 0 saturated carbocycles. The Morgan fingerprint density at radius 2 is 2.21 bits per heavy atom. The van der Waals surface area contributed by atoms with Crippen molar-refractivity contribution in [3.05, 3.63) is 34.9 Å². The standard InChI is InChI=1S/C15H21NO3/c1-15(2,3)19-14(18)16-13-7-5-11-8-10(9-17)4-6-12(11)13/h4,6,8,13,17H,5,7,9H2,1-3H3,(H,16,18)/t13-/m1/s1. The zero-order valence-electron chi connectivity index (χ0n) is 11.7. The third-order valence-corrected chi connectivity index (χ3v) is 3.16. The van der Waals surface area contributed by atoms with E-state index in [1.54, 1.807) is 0 Å². The van der Waals surface area contributed by atoms with E-state index in [1.165, 1.54) is 5.56 Å². The molecular weight excluding hydrogens is 242 g/mol. The minimum atomic E-state index is -0.480. The number of aliphatic hydroxyl groups excluding tert-OH is 1. The number of hydrogen-bond acceptors (Lipinski definition) is 3. The van der Waals surface area contributed by atoms with E-state index in [9.17, 15) is 4.79 Å². The molecule has 1 aromatic rings. The van der Waals surface area contributed by atoms with E-state index < -0.39 is 5.60 Å². The van der Waals surface area contributed by atoms with Crippen molar-refractivity contribution in [2.24, 2.45) is 0 Å². The molecule has 0 saturated heterocycles. The molecule has 2 N–H and O–H groups in total. The lowest BCUT2D eigenvalue weighted by Crippen LogP contribution is -2.34. The molecule has 2 rings (SSSR count). The number of rotatable bonds is 2. The van der Waals surface area contributed by atoms with Gasteiger partial charge in [-0.3, -0.25) is 0 Å². The Hall–Kier alpha value is -1.55. The number of alkyl carbamates (subject to hydrolysis) is 1. The van der Waals surface area contributed by atoms with Crippen LogP contribution >= 0.6 is 0 Å². The molecule has 1 amide bonds. The average Bonchev–Trinajstić information content (AvgIpc) is 2.69. The van der Waals surface area contributed by atoms with Crippen molar-refractivity contribution in [1.29, 1.82) is 0 Å². The van der Waals surface area contributed by atoms with Gasteiger partial charge in [0.2, 0.25) is 0 Å². The number of aryl methyl sites for hydroxylation is 1. The van der Waals surface area contributed by atoms with Gasteiger partial charge in [-0.1, -0.05) is 18.2 Å². The monoisotopic (exact) mass is 263 g/mol. The SMILES string of the molecule is CC(C)(C)OC(=O)N[C@@H]1CCc2cc(CO)ccc21. The van der Waals surface area contributed by atoms with Crippen molar-refractivity contribution in [2.75, 3.05) is 0 Å². The molecule has 1 aromatic carbocycles. The highest BCUT2D eigenvalue weighted by Gasteiger charge is 2.26. The third kappa shape index (κ3) is 3.47. The van der Waals surface area contributed by atoms with E-state index in [0.717, 1.165) is 24.0 Å². The maximum atomic E-state index is 11.8. The lowest BCUT2D eigenvalue weighted by Gasteiger charge is -2.22. The van der Waals surface area contributed by atoms with Crippen LogP contribution in [0, 0.1) is 0 Å². The van der Waals surface area contributed by atoms with E-state index in [4.69, 9.17) is 9.84 Å². The molecular formula is C15H21NO3. The summed E-state index contributed by atoms with van der Waals surface area (Å²) < 4.78 is 5.27. The molecule has 1 aliphatic carbocycles. The maximum absolute atomic E-state index is 11.8. The molecule has 0 fully saturated rings. The summed E-state index contributed by atoms with van der Waals surface area (Å²) in [5.41, 5.74) is 2.76. The van der Waals surface area contributed by atoms with Crippen LogP contribution in [0.5, 0.6) is 0 Å². The molecule has 0 bridgehead atoms. The molecule has 104 valence electrons. The van der Waals surface area contributed by atoms with Gasteiger partial charge in [0, 0.05) is 0 Å². The second kappa shape index (κ2) is 5.21. The van der Waals surface area contributed by atoms with E-state index >= 15 is 0 Å². The number of carbonyl (C=O) groups is 1. The van der Waals surface area contributed by atoms with Gasteiger partial charge in [0.15, 0.2) is 0 Å². The number of aliphatic hydroxyl groups is 1. The highest BCUT2D eigenvalue weighted by atomic mass is 16.6. The van der Waals surface area contributed by atoms with Crippen molar-refractivity contribution < 1.29 is 14.6 Å². The molecule has 1 atom stereocenters. The van der Waals surface area contributed by atoms with Gasteiger partial charge >= 0.3 is 6.09 Å². The van der Waals surface area contributed by atoms with Crippen molar-refractivity contribution in [1.82, 2.24) is 5.32 Å². The van der Waals surface area contributed by atoms with Crippen LogP contribution in [0.3, 0.4) is 0 Å². The van der Waals surface area contributed by atoms with Gasteiger partial charge in [-0.05, 0) is 50.3 Å². The summed E-state index contributed by atoms with van der Waals surface area (Å²) in [7, 11) is 0. The van der Waals surface area contributed by atoms with Crippen molar-refractivity contribution in [3.63, 3.8) is 0 Å². The van der Waals surface area contributed by atoms with E-state index in [-0.39, 0.29) is 18.7 Å². The normalized spacial score (nSPS) is 18.0. The Morgan fingerprint density at radius 1 is 1.47 bits per heavy atom. The summed E-state index contributed by atoms with van der Waals surface area (Å²) in [6.07, 6.45) is 1.42. The Morgan fingerprint density at radius 3 is 2.84 bits per heavy atom. The largest absolute Gasteiger partial charge is 0.444 e. The number of amides is 1. The van der Waals surface area contributed by atoms with E-state index in [2.05, 4.69) is 5.32 Å². The van der Waals surface area contributed by atoms with Gasteiger partial charge in [0.05, 0.1) is 12.6 Å². The predicted octanol–water partition coefficient (Wildman–Crippen LogP) is 2.69. The average molecular weight is 263 g/mol. The Labute approximate surface area is 113 Å². The summed E-state index contributed by atoms with van der Waals surface area (Å²) in [4.78, 5) is 11.8. The van der Waals surface area contributed by atoms with Crippen LogP contribution < -0.4 is 5.32 Å². The molecule has 0 unspecified atom stereocenters. The van der Waals surface area contributed by atoms with Gasteiger partial charge in [-0.2, -0.15) is 0 Å². The van der Waals surface area contributed by atoms with Crippen LogP contribution in [0.2, 0.25) is 0 Å². The quantitative estimate of drug-likeness (QED) is 0.862. The minimum Gasteiger partial charge on any atom is -0.444 e. The van der Waals surface area contributed by atoms with Gasteiger partial charge in [0.25, 0.3) is 0 Å². The molecule has 4 nitrogen and oxygen atoms in total. The zero-order valence-corrected chi connectivity index (χ0v) is 11.7. The summed E-state index contributed by atoms with van der Waals surface area (Å²) >= 11 is 0. The fourth-order valence-electron chi connectivity index (χ4n) is 2.37. The lowest BCUT2D eigenvalue weighted by atomic mass is 10.1. The molecule has 0 aromatic heterocycles. The summed E-state index contributed by atoms with van der Waals surface area (Å²) in [6.45, 7) is 5.60. The first-order chi connectivity index (χ1) is 8.89. The van der Waals surface area contributed by atoms with Gasteiger partial charge in [0.1, 0.15) is 5.60 Å². The number of carbonyl (C=O) groups excluding carboxylic acids is 1. The second-order valence-electron chi connectivity index (χ2n) is 5.93. The number of ether oxygens (including phenoxy) is 1. The van der Waals surface area contributed by atoms with Crippen LogP contribution in [0.25, 0.3) is 0 Å². The molecule has 0 radical (unpaired) electrons. The third-order valence-electron chi connectivity index (χ3n) is 3.16. The van der Waals surface area contributed by atoms with Gasteiger partial charge < -0.3 is 15.2 Å². The summed E-state index contributed by atoms with van der Waals surface area (Å²) in [6, 6.07) is 5.90. The second-order valence-corrected chi connectivity index (χ2v) is 5.93. The summed E-state index contributed by atoms with van der Waals surface area (Å²) in [5.74, 6) is 0. The summed E-state index contributed by atoms with van der Waals surface area (Å²) in [5, 5.41) is 12.0. The molecule has 0 heterocycles. The minimum absolute atomic E-state index is 0.0117. The first kappa shape index (κ1) is 13.9. The first-order valence-corrected chi connectivity index (χ1v) is 6.61. The number of nitrogens with one attached hydrogen (secondary N) is 1. The number of fused-ring (bicyclic) bond motifs is 1. The van der Waals surface area contributed by atoms with Crippen molar-refractivity contribution in [2.45, 2.75) is 51.9 Å². The topological polar surface area (TPSA) is 58.6 Å². The lowest BCUT2D eigenvalue weighted by molar-refractivity contribution is 0.0503. The smallest absolute Gasteiger partial charge is 0.408 e. The van der Waals surface area contributed by atoms with Gasteiger partial charge in [-0.25, -0.2) is 4.79 Å². The van der Waals surface area contributed by atoms with Crippen LogP contribution in [0.1, 0.15) is 49.9 Å². The Balaban J connectivity index is 2.04. The zero-order chi connectivity index (χ0) is 14.0. The molecule has 0 aliphatic heterocycles. The fraction of sp³-hybridized carbons (Fsp3) is 0.533. The Kier molecular flexibility index (Phi) is 3.80. The van der Waals surface area contributed by atoms with Crippen molar-refractivity contribution >= 4 is 6.09 Å². The van der Waals surface area contributed by atoms with Crippen LogP contribution in [-0.4, -0.2) is 16.8 Å². The number of benzene rings is 1. The van der Waals surface area contributed by atoms with Crippen LogP contribution in [0.4, 0.5) is 4.79 Å². The van der Waals surface area contributed by atoms with Crippen LogP contribution in [0.15, 0.2) is 18.2 Å².